The Morgan fingerprint density at radius 1 is 0.970 bits per heavy atom. The first-order valence-electron chi connectivity index (χ1n) is 10.9. The van der Waals surface area contributed by atoms with Crippen LogP contribution in [-0.2, 0) is 11.3 Å². The van der Waals surface area contributed by atoms with Crippen molar-refractivity contribution in [1.29, 1.82) is 0 Å². The molecule has 0 radical (unpaired) electrons. The van der Waals surface area contributed by atoms with Crippen molar-refractivity contribution < 1.29 is 23.5 Å². The fourth-order valence-corrected chi connectivity index (χ4v) is 4.72. The van der Waals surface area contributed by atoms with Crippen LogP contribution in [0.15, 0.2) is 58.5 Å². The van der Waals surface area contributed by atoms with Crippen LogP contribution in [0.4, 0.5) is 5.69 Å². The lowest BCUT2D eigenvalue weighted by atomic mass is 10.2. The van der Waals surface area contributed by atoms with Crippen molar-refractivity contribution in [3.05, 3.63) is 64.7 Å². The monoisotopic (exact) mass is 467 g/mol. The average Bonchev–Trinajstić information content (AvgIpc) is 3.57. The van der Waals surface area contributed by atoms with Gasteiger partial charge in [0.2, 0.25) is 5.91 Å². The minimum atomic E-state index is -0.110. The topological polar surface area (TPSA) is 75.5 Å². The van der Waals surface area contributed by atoms with Crippen molar-refractivity contribution in [2.75, 3.05) is 50.8 Å². The highest BCUT2D eigenvalue weighted by atomic mass is 32.1. The molecule has 1 saturated heterocycles. The van der Waals surface area contributed by atoms with E-state index in [1.165, 1.54) is 6.26 Å². The lowest BCUT2D eigenvalue weighted by Crippen LogP contribution is -2.51. The number of anilines is 1. The van der Waals surface area contributed by atoms with E-state index in [1.54, 1.807) is 33.3 Å². The molecule has 0 bridgehead atoms. The van der Waals surface area contributed by atoms with E-state index in [0.717, 1.165) is 10.6 Å². The van der Waals surface area contributed by atoms with E-state index in [4.69, 9.17) is 13.9 Å². The number of piperazine rings is 1. The molecular weight excluding hydrogens is 442 g/mol. The van der Waals surface area contributed by atoms with E-state index in [2.05, 4.69) is 4.90 Å². The van der Waals surface area contributed by atoms with Crippen LogP contribution in [0, 0.1) is 0 Å². The first-order valence-corrected chi connectivity index (χ1v) is 11.8. The Labute approximate surface area is 195 Å². The predicted octanol–water partition coefficient (Wildman–Crippen LogP) is 3.10. The molecule has 4 heterocycles. The van der Waals surface area contributed by atoms with Crippen molar-refractivity contribution in [2.24, 2.45) is 0 Å². The summed E-state index contributed by atoms with van der Waals surface area (Å²) < 4.78 is 16.6. The molecule has 172 valence electrons. The van der Waals surface area contributed by atoms with Crippen LogP contribution in [0.25, 0.3) is 0 Å². The van der Waals surface area contributed by atoms with Crippen molar-refractivity contribution >= 4 is 28.8 Å². The van der Waals surface area contributed by atoms with Gasteiger partial charge in [0, 0.05) is 42.8 Å². The molecule has 1 aromatic carbocycles. The standard InChI is InChI=1S/C24H25N3O5S/c28-23(17-25-7-9-26(10-8-25)24(29)21-4-1-11-30-21)27(16-19-3-2-14-33-19)18-5-6-20-22(15-18)32-13-12-31-20/h1-6,11,14-15H,7-10,12-13,16-17H2. The second-order valence-electron chi connectivity index (χ2n) is 7.93. The van der Waals surface area contributed by atoms with Gasteiger partial charge >= 0.3 is 0 Å². The zero-order valence-electron chi connectivity index (χ0n) is 18.1. The van der Waals surface area contributed by atoms with Crippen LogP contribution < -0.4 is 14.4 Å². The number of amides is 2. The third kappa shape index (κ3) is 4.89. The van der Waals surface area contributed by atoms with Gasteiger partial charge in [-0.15, -0.1) is 11.3 Å². The lowest BCUT2D eigenvalue weighted by molar-refractivity contribution is -0.120. The highest BCUT2D eigenvalue weighted by Crippen LogP contribution is 2.34. The minimum absolute atomic E-state index is 0.00545. The van der Waals surface area contributed by atoms with E-state index < -0.39 is 0 Å². The number of thiophene rings is 1. The predicted molar refractivity (Wildman–Crippen MR) is 124 cm³/mol. The SMILES string of the molecule is O=C(c1ccco1)N1CCN(CC(=O)N(Cc2cccs2)c2ccc3c(c2)OCCO3)CC1. The summed E-state index contributed by atoms with van der Waals surface area (Å²) in [4.78, 5) is 32.7. The van der Waals surface area contributed by atoms with Gasteiger partial charge in [-0.1, -0.05) is 6.07 Å². The maximum absolute atomic E-state index is 13.4. The molecule has 3 aromatic rings. The van der Waals surface area contributed by atoms with Gasteiger partial charge in [-0.2, -0.15) is 0 Å². The zero-order valence-corrected chi connectivity index (χ0v) is 19.0. The molecule has 0 atom stereocenters. The van der Waals surface area contributed by atoms with Crippen molar-refractivity contribution in [3.63, 3.8) is 0 Å². The van der Waals surface area contributed by atoms with Crippen molar-refractivity contribution in [2.45, 2.75) is 6.54 Å². The van der Waals surface area contributed by atoms with E-state index in [0.29, 0.717) is 63.2 Å². The lowest BCUT2D eigenvalue weighted by Gasteiger charge is -2.35. The summed E-state index contributed by atoms with van der Waals surface area (Å²) >= 11 is 1.62. The summed E-state index contributed by atoms with van der Waals surface area (Å²) in [7, 11) is 0. The number of rotatable bonds is 6. The minimum Gasteiger partial charge on any atom is -0.486 e. The summed E-state index contributed by atoms with van der Waals surface area (Å²) in [6.45, 7) is 4.17. The molecule has 1 fully saturated rings. The third-order valence-corrected chi connectivity index (χ3v) is 6.64. The van der Waals surface area contributed by atoms with E-state index in [1.807, 2.05) is 35.7 Å². The highest BCUT2D eigenvalue weighted by molar-refractivity contribution is 7.09. The molecule has 0 aliphatic carbocycles. The molecule has 0 unspecified atom stereocenters. The second-order valence-corrected chi connectivity index (χ2v) is 8.97. The number of carbonyl (C=O) groups is 2. The smallest absolute Gasteiger partial charge is 0.289 e. The van der Waals surface area contributed by atoms with Gasteiger partial charge in [0.05, 0.1) is 19.4 Å². The molecule has 0 spiro atoms. The second kappa shape index (κ2) is 9.68. The summed E-state index contributed by atoms with van der Waals surface area (Å²) in [5.41, 5.74) is 0.782. The number of furan rings is 1. The van der Waals surface area contributed by atoms with Gasteiger partial charge < -0.3 is 23.7 Å². The van der Waals surface area contributed by atoms with Crippen LogP contribution in [-0.4, -0.2) is 67.6 Å². The van der Waals surface area contributed by atoms with Crippen molar-refractivity contribution in [1.82, 2.24) is 9.80 Å². The van der Waals surface area contributed by atoms with Crippen LogP contribution in [0.5, 0.6) is 11.5 Å². The maximum atomic E-state index is 13.4. The number of nitrogens with zero attached hydrogens (tertiary/aromatic N) is 3. The number of fused-ring (bicyclic) bond motifs is 1. The summed E-state index contributed by atoms with van der Waals surface area (Å²) in [6.07, 6.45) is 1.50. The average molecular weight is 468 g/mol. The van der Waals surface area contributed by atoms with Crippen LogP contribution in [0.2, 0.25) is 0 Å². The van der Waals surface area contributed by atoms with E-state index in [9.17, 15) is 9.59 Å². The van der Waals surface area contributed by atoms with Gasteiger partial charge in [-0.25, -0.2) is 0 Å². The number of hydrogen-bond donors (Lipinski definition) is 0. The molecule has 8 nitrogen and oxygen atoms in total. The van der Waals surface area contributed by atoms with Gasteiger partial charge in [-0.3, -0.25) is 14.5 Å². The molecule has 0 N–H and O–H groups in total. The molecule has 2 aromatic heterocycles. The van der Waals surface area contributed by atoms with Gasteiger partial charge in [0.15, 0.2) is 17.3 Å². The fraction of sp³-hybridized carbons (Fsp3) is 0.333. The Morgan fingerprint density at radius 2 is 1.79 bits per heavy atom. The van der Waals surface area contributed by atoms with E-state index in [-0.39, 0.29) is 18.4 Å². The summed E-state index contributed by atoms with van der Waals surface area (Å²) in [5.74, 6) is 1.60. The van der Waals surface area contributed by atoms with Crippen molar-refractivity contribution in [3.8, 4) is 11.5 Å². The third-order valence-electron chi connectivity index (χ3n) is 5.78. The molecule has 33 heavy (non-hydrogen) atoms. The Kier molecular flexibility index (Phi) is 6.32. The summed E-state index contributed by atoms with van der Waals surface area (Å²) in [5, 5.41) is 2.01. The van der Waals surface area contributed by atoms with E-state index >= 15 is 0 Å². The van der Waals surface area contributed by atoms with Gasteiger partial charge in [0.25, 0.3) is 5.91 Å². The Morgan fingerprint density at radius 3 is 2.52 bits per heavy atom. The Balaban J connectivity index is 1.26. The molecule has 5 rings (SSSR count). The molecule has 9 heteroatoms. The highest BCUT2D eigenvalue weighted by Gasteiger charge is 2.27. The summed E-state index contributed by atoms with van der Waals surface area (Å²) in [6, 6.07) is 13.0. The number of hydrogen-bond acceptors (Lipinski definition) is 7. The first kappa shape index (κ1) is 21.5. The van der Waals surface area contributed by atoms with Crippen LogP contribution in [0.3, 0.4) is 0 Å². The van der Waals surface area contributed by atoms with Crippen LogP contribution >= 0.6 is 11.3 Å². The van der Waals surface area contributed by atoms with Gasteiger partial charge in [-0.05, 0) is 35.7 Å². The fourth-order valence-electron chi connectivity index (χ4n) is 4.02. The quantitative estimate of drug-likeness (QED) is 0.555. The Hall–Kier alpha value is -3.30. The number of benzene rings is 1. The molecule has 2 amide bonds. The Bertz CT molecular complexity index is 1090. The molecule has 2 aliphatic rings. The molecule has 0 saturated carbocycles. The molecule has 2 aliphatic heterocycles. The van der Waals surface area contributed by atoms with Crippen LogP contribution in [0.1, 0.15) is 15.4 Å². The maximum Gasteiger partial charge on any atom is 0.289 e. The zero-order chi connectivity index (χ0) is 22.6. The number of ether oxygens (including phenoxy) is 2. The first-order chi connectivity index (χ1) is 16.2. The van der Waals surface area contributed by atoms with Gasteiger partial charge in [0.1, 0.15) is 13.2 Å². The largest absolute Gasteiger partial charge is 0.486 e. The molecular formula is C24H25N3O5S. The number of carbonyl (C=O) groups excluding carboxylic acids is 2. The normalized spacial score (nSPS) is 15.9.